The molecule has 1 saturated heterocycles. The predicted octanol–water partition coefficient (Wildman–Crippen LogP) is 4.53. The van der Waals surface area contributed by atoms with E-state index in [0.717, 1.165) is 5.69 Å². The first kappa shape index (κ1) is 31.4. The summed E-state index contributed by atoms with van der Waals surface area (Å²) in [6, 6.07) is 12.4. The van der Waals surface area contributed by atoms with E-state index in [0.29, 0.717) is 74.2 Å². The molecule has 1 N–H and O–H groups in total. The van der Waals surface area contributed by atoms with Gasteiger partial charge in [-0.15, -0.1) is 0 Å². The van der Waals surface area contributed by atoms with Crippen molar-refractivity contribution in [2.45, 2.75) is 40.2 Å². The van der Waals surface area contributed by atoms with E-state index in [9.17, 15) is 19.2 Å². The topological polar surface area (TPSA) is 127 Å². The summed E-state index contributed by atoms with van der Waals surface area (Å²) < 4.78 is 15.8. The fraction of sp³-hybridized carbons (Fsp3) is 0.406. The van der Waals surface area contributed by atoms with Crippen molar-refractivity contribution in [2.75, 3.05) is 56.2 Å². The van der Waals surface area contributed by atoms with Gasteiger partial charge in [0.15, 0.2) is 5.78 Å². The number of ketones is 1. The third-order valence-electron chi connectivity index (χ3n) is 6.94. The van der Waals surface area contributed by atoms with Crippen LogP contribution in [0.2, 0.25) is 0 Å². The number of nitrogens with zero attached hydrogens (tertiary/aromatic N) is 3. The number of ether oxygens (including phenoxy) is 3. The zero-order valence-electron chi connectivity index (χ0n) is 25.1. The largest absolute Gasteiger partial charge is 0.466 e. The summed E-state index contributed by atoms with van der Waals surface area (Å²) in [4.78, 5) is 59.9. The fourth-order valence-corrected chi connectivity index (χ4v) is 4.85. The van der Waals surface area contributed by atoms with Crippen LogP contribution in [-0.4, -0.2) is 86.5 Å². The third kappa shape index (κ3) is 7.86. The van der Waals surface area contributed by atoms with Gasteiger partial charge >= 0.3 is 12.1 Å². The Morgan fingerprint density at radius 1 is 1.07 bits per heavy atom. The standard InChI is InChI=1S/C32H38N4O7/c1-5-35(14-13-29(37)42-6-2)22-11-12-26(28(19-22)34-32(40)43-21(3)4)33-27-20-25(31(39)36-15-17-41-18-16-36)30(38)24-10-8-7-9-23(24)27/h7-12,19-21H,5-6,13-18H2,1-4H3,(H,34,40). The summed E-state index contributed by atoms with van der Waals surface area (Å²) in [5.74, 6) is -1.02. The minimum atomic E-state index is -0.652. The van der Waals surface area contributed by atoms with Crippen LogP contribution < -0.4 is 10.2 Å². The van der Waals surface area contributed by atoms with Crippen LogP contribution in [0.15, 0.2) is 59.1 Å². The lowest BCUT2D eigenvalue weighted by molar-refractivity contribution is -0.142. The molecular weight excluding hydrogens is 552 g/mol. The van der Waals surface area contributed by atoms with E-state index in [1.165, 1.54) is 6.08 Å². The molecule has 11 nitrogen and oxygen atoms in total. The Morgan fingerprint density at radius 3 is 2.47 bits per heavy atom. The Bertz CT molecular complexity index is 1430. The first-order chi connectivity index (χ1) is 20.7. The number of morpholine rings is 1. The van der Waals surface area contributed by atoms with Crippen molar-refractivity contribution in [1.82, 2.24) is 4.90 Å². The number of fused-ring (bicyclic) bond motifs is 1. The lowest BCUT2D eigenvalue weighted by Gasteiger charge is -2.28. The highest BCUT2D eigenvalue weighted by molar-refractivity contribution is 6.35. The molecule has 1 aliphatic carbocycles. The Labute approximate surface area is 251 Å². The molecule has 0 atom stereocenters. The minimum absolute atomic E-state index is 0.0285. The second-order valence-electron chi connectivity index (χ2n) is 10.2. The van der Waals surface area contributed by atoms with Gasteiger partial charge in [-0.25, -0.2) is 9.79 Å². The number of amides is 2. The number of benzene rings is 2. The van der Waals surface area contributed by atoms with Crippen molar-refractivity contribution in [3.05, 3.63) is 65.2 Å². The summed E-state index contributed by atoms with van der Waals surface area (Å²) in [6.07, 6.45) is 0.729. The van der Waals surface area contributed by atoms with Gasteiger partial charge in [0.1, 0.15) is 0 Å². The zero-order chi connectivity index (χ0) is 30.9. The molecule has 1 aliphatic heterocycles. The number of aliphatic imine (C=N–C) groups is 1. The quantitative estimate of drug-likeness (QED) is 0.316. The monoisotopic (exact) mass is 590 g/mol. The molecule has 2 amide bonds. The molecule has 0 aromatic heterocycles. The summed E-state index contributed by atoms with van der Waals surface area (Å²) in [5.41, 5.74) is 2.93. The Balaban J connectivity index is 1.75. The van der Waals surface area contributed by atoms with Gasteiger partial charge in [-0.1, -0.05) is 24.3 Å². The molecule has 0 saturated carbocycles. The van der Waals surface area contributed by atoms with Crippen LogP contribution in [0.3, 0.4) is 0 Å². The van der Waals surface area contributed by atoms with Crippen LogP contribution in [-0.2, 0) is 23.8 Å². The maximum Gasteiger partial charge on any atom is 0.411 e. The molecule has 2 aromatic carbocycles. The maximum absolute atomic E-state index is 13.4. The number of esters is 1. The van der Waals surface area contributed by atoms with Gasteiger partial charge in [0.2, 0.25) is 0 Å². The Morgan fingerprint density at radius 2 is 1.79 bits per heavy atom. The molecule has 0 radical (unpaired) electrons. The van der Waals surface area contributed by atoms with Crippen molar-refractivity contribution in [2.24, 2.45) is 4.99 Å². The number of Topliss-reactive ketones (excluding diaryl/α,β-unsaturated/α-hetero) is 1. The highest BCUT2D eigenvalue weighted by atomic mass is 16.6. The van der Waals surface area contributed by atoms with E-state index in [1.54, 1.807) is 62.1 Å². The minimum Gasteiger partial charge on any atom is -0.466 e. The van der Waals surface area contributed by atoms with Crippen molar-refractivity contribution >= 4 is 46.5 Å². The SMILES string of the molecule is CCOC(=O)CCN(CC)c1ccc(N=C2C=C(C(=O)N3CCOCC3)C(=O)c3ccccc32)c(NC(=O)OC(C)C)c1. The Kier molecular flexibility index (Phi) is 10.7. The molecule has 4 rings (SSSR count). The number of carbonyl (C=O) groups excluding carboxylic acids is 4. The van der Waals surface area contributed by atoms with E-state index in [4.69, 9.17) is 19.2 Å². The molecular formula is C32H38N4O7. The average molecular weight is 591 g/mol. The molecule has 2 aromatic rings. The molecule has 43 heavy (non-hydrogen) atoms. The van der Waals surface area contributed by atoms with Crippen LogP contribution in [0, 0.1) is 0 Å². The van der Waals surface area contributed by atoms with Gasteiger partial charge in [0, 0.05) is 43.0 Å². The van der Waals surface area contributed by atoms with E-state index in [1.807, 2.05) is 17.9 Å². The zero-order valence-corrected chi connectivity index (χ0v) is 25.1. The van der Waals surface area contributed by atoms with Crippen LogP contribution in [0.4, 0.5) is 21.9 Å². The number of hydrogen-bond donors (Lipinski definition) is 1. The summed E-state index contributed by atoms with van der Waals surface area (Å²) in [7, 11) is 0. The van der Waals surface area contributed by atoms with Crippen molar-refractivity contribution in [3.63, 3.8) is 0 Å². The molecule has 2 aliphatic rings. The van der Waals surface area contributed by atoms with Crippen LogP contribution in [0.5, 0.6) is 0 Å². The van der Waals surface area contributed by atoms with Crippen molar-refractivity contribution < 1.29 is 33.4 Å². The van der Waals surface area contributed by atoms with Gasteiger partial charge in [-0.3, -0.25) is 19.7 Å². The highest BCUT2D eigenvalue weighted by Crippen LogP contribution is 2.33. The lowest BCUT2D eigenvalue weighted by Crippen LogP contribution is -2.43. The molecule has 0 unspecified atom stereocenters. The number of rotatable bonds is 10. The summed E-state index contributed by atoms with van der Waals surface area (Å²) >= 11 is 0. The summed E-state index contributed by atoms with van der Waals surface area (Å²) in [5, 5.41) is 2.79. The van der Waals surface area contributed by atoms with Crippen LogP contribution in [0.25, 0.3) is 0 Å². The second-order valence-corrected chi connectivity index (χ2v) is 10.2. The smallest absolute Gasteiger partial charge is 0.411 e. The van der Waals surface area contributed by atoms with Crippen molar-refractivity contribution in [3.8, 4) is 0 Å². The highest BCUT2D eigenvalue weighted by Gasteiger charge is 2.32. The number of anilines is 2. The third-order valence-corrected chi connectivity index (χ3v) is 6.94. The molecule has 0 bridgehead atoms. The van der Waals surface area contributed by atoms with E-state index in [-0.39, 0.29) is 35.8 Å². The number of carbonyl (C=O) groups is 4. The molecule has 1 heterocycles. The predicted molar refractivity (Wildman–Crippen MR) is 163 cm³/mol. The van der Waals surface area contributed by atoms with Crippen LogP contribution >= 0.6 is 0 Å². The van der Waals surface area contributed by atoms with E-state index in [2.05, 4.69) is 5.32 Å². The number of hydrogen-bond acceptors (Lipinski definition) is 9. The van der Waals surface area contributed by atoms with Gasteiger partial charge in [-0.05, 0) is 52.0 Å². The van der Waals surface area contributed by atoms with Gasteiger partial charge in [0.05, 0.1) is 55.0 Å². The maximum atomic E-state index is 13.4. The summed E-state index contributed by atoms with van der Waals surface area (Å²) in [6.45, 7) is 10.2. The van der Waals surface area contributed by atoms with Gasteiger partial charge in [0.25, 0.3) is 5.91 Å². The first-order valence-electron chi connectivity index (χ1n) is 14.6. The van der Waals surface area contributed by atoms with Gasteiger partial charge in [-0.2, -0.15) is 0 Å². The number of nitrogens with one attached hydrogen (secondary N) is 1. The molecule has 0 spiro atoms. The lowest BCUT2D eigenvalue weighted by atomic mass is 9.88. The first-order valence-corrected chi connectivity index (χ1v) is 14.6. The van der Waals surface area contributed by atoms with Crippen LogP contribution in [0.1, 0.15) is 50.0 Å². The van der Waals surface area contributed by atoms with E-state index < -0.39 is 6.09 Å². The Hall–Kier alpha value is -4.51. The number of allylic oxidation sites excluding steroid dienone is 1. The fourth-order valence-electron chi connectivity index (χ4n) is 4.85. The van der Waals surface area contributed by atoms with Crippen molar-refractivity contribution in [1.29, 1.82) is 0 Å². The molecule has 11 heteroatoms. The van der Waals surface area contributed by atoms with E-state index >= 15 is 0 Å². The second kappa shape index (κ2) is 14.6. The normalized spacial score (nSPS) is 15.6. The molecule has 228 valence electrons. The van der Waals surface area contributed by atoms with Gasteiger partial charge < -0.3 is 24.0 Å². The average Bonchev–Trinajstić information content (AvgIpc) is 2.99. The molecule has 1 fully saturated rings.